The summed E-state index contributed by atoms with van der Waals surface area (Å²) in [4.78, 5) is 14.2. The van der Waals surface area contributed by atoms with Gasteiger partial charge in [0, 0.05) is 23.1 Å². The summed E-state index contributed by atoms with van der Waals surface area (Å²) in [6.45, 7) is 1.37. The van der Waals surface area contributed by atoms with Crippen molar-refractivity contribution in [1.82, 2.24) is 15.1 Å². The van der Waals surface area contributed by atoms with E-state index in [2.05, 4.69) is 16.3 Å². The number of halogens is 2. The monoisotopic (exact) mass is 347 g/mol. The molecule has 4 nitrogen and oxygen atoms in total. The van der Waals surface area contributed by atoms with Crippen LogP contribution in [0.1, 0.15) is 28.8 Å². The van der Waals surface area contributed by atoms with Gasteiger partial charge in [-0.2, -0.15) is 10.2 Å². The fourth-order valence-corrected chi connectivity index (χ4v) is 2.94. The van der Waals surface area contributed by atoms with Crippen LogP contribution in [0.3, 0.4) is 0 Å². The van der Waals surface area contributed by atoms with Crippen molar-refractivity contribution in [2.24, 2.45) is 0 Å². The van der Waals surface area contributed by atoms with Crippen LogP contribution in [0.15, 0.2) is 42.2 Å². The smallest absolute Gasteiger partial charge is 0.255 e. The molecule has 0 unspecified atom stereocenters. The first-order valence-electron chi connectivity index (χ1n) is 7.34. The Morgan fingerprint density at radius 1 is 1.13 bits per heavy atom. The van der Waals surface area contributed by atoms with Crippen LogP contribution in [-0.4, -0.2) is 34.1 Å². The average Bonchev–Trinajstić information content (AvgIpc) is 2.59. The summed E-state index contributed by atoms with van der Waals surface area (Å²) in [5, 5.41) is 8.80. The van der Waals surface area contributed by atoms with Crippen LogP contribution in [0.2, 0.25) is 10.0 Å². The van der Waals surface area contributed by atoms with Crippen LogP contribution in [0, 0.1) is 0 Å². The first-order chi connectivity index (χ1) is 11.1. The molecule has 0 aliphatic carbocycles. The minimum absolute atomic E-state index is 0.000243. The van der Waals surface area contributed by atoms with Gasteiger partial charge in [0.05, 0.1) is 18.0 Å². The normalized spacial score (nSPS) is 14.7. The van der Waals surface area contributed by atoms with E-state index in [1.165, 1.54) is 18.0 Å². The van der Waals surface area contributed by atoms with Crippen molar-refractivity contribution in [3.8, 4) is 0 Å². The summed E-state index contributed by atoms with van der Waals surface area (Å²) in [6, 6.07) is 7.12. The first-order valence-corrected chi connectivity index (χ1v) is 8.09. The third-order valence-corrected chi connectivity index (χ3v) is 4.42. The number of hydrogen-bond donors (Lipinski definition) is 0. The van der Waals surface area contributed by atoms with Gasteiger partial charge >= 0.3 is 0 Å². The van der Waals surface area contributed by atoms with Crippen molar-refractivity contribution in [2.75, 3.05) is 13.1 Å². The molecule has 1 amide bonds. The van der Waals surface area contributed by atoms with Crippen molar-refractivity contribution in [1.29, 1.82) is 0 Å². The second-order valence-corrected chi connectivity index (χ2v) is 6.24. The number of likely N-dealkylation sites (tertiary alicyclic amines) is 1. The molecule has 2 heterocycles. The Kier molecular flexibility index (Phi) is 4.94. The highest BCUT2D eigenvalue weighted by Gasteiger charge is 2.20. The molecule has 1 aliphatic heterocycles. The lowest BCUT2D eigenvalue weighted by Crippen LogP contribution is -2.36. The largest absolute Gasteiger partial charge is 0.338 e. The molecule has 6 heteroatoms. The number of carbonyl (C=O) groups excluding carboxylic acids is 1. The highest BCUT2D eigenvalue weighted by atomic mass is 35.5. The van der Waals surface area contributed by atoms with E-state index >= 15 is 0 Å². The van der Waals surface area contributed by atoms with Gasteiger partial charge in [-0.25, -0.2) is 0 Å². The molecule has 23 heavy (non-hydrogen) atoms. The predicted octanol–water partition coefficient (Wildman–Crippen LogP) is 4.10. The molecule has 2 aromatic rings. The zero-order valence-corrected chi connectivity index (χ0v) is 13.9. The molecule has 0 radical (unpaired) electrons. The third-order valence-electron chi connectivity index (χ3n) is 3.84. The number of carbonyl (C=O) groups is 1. The summed E-state index contributed by atoms with van der Waals surface area (Å²) in [5.74, 6) is -0.000243. The lowest BCUT2D eigenvalue weighted by atomic mass is 10.0. The molecule has 0 spiro atoms. The lowest BCUT2D eigenvalue weighted by Gasteiger charge is -2.28. The molecular weight excluding hydrogens is 333 g/mol. The minimum Gasteiger partial charge on any atom is -0.338 e. The predicted molar refractivity (Wildman–Crippen MR) is 91.6 cm³/mol. The zero-order chi connectivity index (χ0) is 16.2. The van der Waals surface area contributed by atoms with E-state index in [-0.39, 0.29) is 5.91 Å². The van der Waals surface area contributed by atoms with E-state index in [1.54, 1.807) is 18.2 Å². The molecule has 1 aliphatic rings. The maximum absolute atomic E-state index is 12.4. The van der Waals surface area contributed by atoms with E-state index in [1.807, 2.05) is 11.0 Å². The maximum Gasteiger partial charge on any atom is 0.255 e. The Morgan fingerprint density at radius 2 is 1.91 bits per heavy atom. The number of piperidine rings is 1. The third kappa shape index (κ3) is 3.89. The first kappa shape index (κ1) is 16.0. The van der Waals surface area contributed by atoms with Gasteiger partial charge in [-0.1, -0.05) is 34.9 Å². The topological polar surface area (TPSA) is 46.1 Å². The molecular formula is C17H15Cl2N3O. The summed E-state index contributed by atoms with van der Waals surface area (Å²) in [6.07, 6.45) is 6.76. The van der Waals surface area contributed by atoms with Gasteiger partial charge in [0.1, 0.15) is 0 Å². The summed E-state index contributed by atoms with van der Waals surface area (Å²) < 4.78 is 0. The molecule has 0 atom stereocenters. The Bertz CT molecular complexity index is 737. The highest BCUT2D eigenvalue weighted by Crippen LogP contribution is 2.26. The van der Waals surface area contributed by atoms with Crippen molar-refractivity contribution >= 4 is 35.2 Å². The van der Waals surface area contributed by atoms with E-state index < -0.39 is 0 Å². The van der Waals surface area contributed by atoms with Crippen molar-refractivity contribution in [3.05, 3.63) is 63.4 Å². The SMILES string of the molecule is O=C(c1ccnnc1)N1CCC(=Cc2cc(Cl)ccc2Cl)CC1. The van der Waals surface area contributed by atoms with Crippen LogP contribution >= 0.6 is 23.2 Å². The van der Waals surface area contributed by atoms with E-state index in [9.17, 15) is 4.79 Å². The van der Waals surface area contributed by atoms with Gasteiger partial charge in [0.2, 0.25) is 0 Å². The quantitative estimate of drug-likeness (QED) is 0.821. The summed E-state index contributed by atoms with van der Waals surface area (Å²) in [7, 11) is 0. The van der Waals surface area contributed by atoms with Gasteiger partial charge in [-0.3, -0.25) is 4.79 Å². The van der Waals surface area contributed by atoms with Crippen LogP contribution in [-0.2, 0) is 0 Å². The van der Waals surface area contributed by atoms with Crippen LogP contribution in [0.25, 0.3) is 6.08 Å². The van der Waals surface area contributed by atoms with Crippen LogP contribution < -0.4 is 0 Å². The van der Waals surface area contributed by atoms with Gasteiger partial charge in [0.15, 0.2) is 0 Å². The molecule has 0 N–H and O–H groups in total. The van der Waals surface area contributed by atoms with E-state index in [0.29, 0.717) is 28.7 Å². The Morgan fingerprint density at radius 3 is 2.61 bits per heavy atom. The van der Waals surface area contributed by atoms with Crippen LogP contribution in [0.5, 0.6) is 0 Å². The fourth-order valence-electron chi connectivity index (χ4n) is 2.59. The molecule has 1 aromatic heterocycles. The standard InChI is InChI=1S/C17H15Cl2N3O/c18-15-1-2-16(19)14(10-15)9-12-4-7-22(8-5-12)17(23)13-3-6-20-21-11-13/h1-3,6,9-11H,4-5,7-8H2. The molecule has 1 fully saturated rings. The van der Waals surface area contributed by atoms with Crippen molar-refractivity contribution in [2.45, 2.75) is 12.8 Å². The number of aromatic nitrogens is 2. The number of rotatable bonds is 2. The molecule has 1 aromatic carbocycles. The Balaban J connectivity index is 1.68. The van der Waals surface area contributed by atoms with Crippen LogP contribution in [0.4, 0.5) is 0 Å². The summed E-state index contributed by atoms with van der Waals surface area (Å²) >= 11 is 12.2. The van der Waals surface area contributed by atoms with E-state index in [4.69, 9.17) is 23.2 Å². The average molecular weight is 348 g/mol. The summed E-state index contributed by atoms with van der Waals surface area (Å²) in [5.41, 5.74) is 2.77. The number of nitrogens with zero attached hydrogens (tertiary/aromatic N) is 3. The highest BCUT2D eigenvalue weighted by molar-refractivity contribution is 6.34. The van der Waals surface area contributed by atoms with E-state index in [0.717, 1.165) is 18.4 Å². The maximum atomic E-state index is 12.4. The molecule has 118 valence electrons. The van der Waals surface area contributed by atoms with Crippen molar-refractivity contribution in [3.63, 3.8) is 0 Å². The Hall–Kier alpha value is -1.91. The number of benzene rings is 1. The van der Waals surface area contributed by atoms with Gasteiger partial charge in [0.25, 0.3) is 5.91 Å². The minimum atomic E-state index is -0.000243. The lowest BCUT2D eigenvalue weighted by molar-refractivity contribution is 0.0743. The van der Waals surface area contributed by atoms with Gasteiger partial charge in [-0.15, -0.1) is 0 Å². The molecule has 0 saturated carbocycles. The second-order valence-electron chi connectivity index (χ2n) is 5.39. The second kappa shape index (κ2) is 7.11. The van der Waals surface area contributed by atoms with Crippen molar-refractivity contribution < 1.29 is 4.79 Å². The van der Waals surface area contributed by atoms with Gasteiger partial charge < -0.3 is 4.90 Å². The van der Waals surface area contributed by atoms with Gasteiger partial charge in [-0.05, 0) is 42.7 Å². The molecule has 1 saturated heterocycles. The molecule has 3 rings (SSSR count). The molecule has 0 bridgehead atoms. The fraction of sp³-hybridized carbons (Fsp3) is 0.235. The number of amides is 1. The Labute approximate surface area is 144 Å². The number of hydrogen-bond acceptors (Lipinski definition) is 3. The zero-order valence-electron chi connectivity index (χ0n) is 12.4.